The van der Waals surface area contributed by atoms with Crippen LogP contribution in [-0.2, 0) is 0 Å². The van der Waals surface area contributed by atoms with E-state index in [-0.39, 0.29) is 11.3 Å². The van der Waals surface area contributed by atoms with Gasteiger partial charge in [-0.15, -0.1) is 0 Å². The van der Waals surface area contributed by atoms with Crippen molar-refractivity contribution in [3.8, 4) is 0 Å². The number of nitro groups is 1. The predicted molar refractivity (Wildman–Crippen MR) is 51.0 cm³/mol. The summed E-state index contributed by atoms with van der Waals surface area (Å²) >= 11 is 0. The van der Waals surface area contributed by atoms with Crippen molar-refractivity contribution in [1.82, 2.24) is 0 Å². The second-order valence-electron chi connectivity index (χ2n) is 2.79. The largest absolute Gasteiger partial charge is 0.394 e. The van der Waals surface area contributed by atoms with Crippen LogP contribution in [0.1, 0.15) is 5.56 Å². The summed E-state index contributed by atoms with van der Waals surface area (Å²) in [6.45, 7) is 1.30. The lowest BCUT2D eigenvalue weighted by molar-refractivity contribution is -0.382. The van der Waals surface area contributed by atoms with Crippen LogP contribution in [0.5, 0.6) is 0 Å². The Hall–Kier alpha value is -2.05. The first-order valence-electron chi connectivity index (χ1n) is 3.64. The van der Waals surface area contributed by atoms with Gasteiger partial charge in [-0.3, -0.25) is 10.1 Å². The van der Waals surface area contributed by atoms with E-state index in [1.165, 1.54) is 6.92 Å². The van der Waals surface area contributed by atoms with Gasteiger partial charge in [0.2, 0.25) is 0 Å². The summed E-state index contributed by atoms with van der Waals surface area (Å²) in [5, 5.41) is 10.5. The standard InChI is InChI=1S/C7H9FN4O2/c1-2-3(8)5(10)6(11)7(4(2)9)12(13)14/h9-11H2,1H3. The van der Waals surface area contributed by atoms with Gasteiger partial charge >= 0.3 is 5.69 Å². The molecule has 1 aromatic rings. The summed E-state index contributed by atoms with van der Waals surface area (Å²) in [7, 11) is 0. The number of halogens is 1. The van der Waals surface area contributed by atoms with Crippen molar-refractivity contribution in [3.63, 3.8) is 0 Å². The van der Waals surface area contributed by atoms with Crippen molar-refractivity contribution >= 4 is 22.7 Å². The van der Waals surface area contributed by atoms with Gasteiger partial charge in [0.15, 0.2) is 5.82 Å². The molecule has 0 heterocycles. The third kappa shape index (κ3) is 1.18. The molecule has 0 aliphatic carbocycles. The predicted octanol–water partition coefficient (Wildman–Crippen LogP) is 0.789. The number of anilines is 3. The Morgan fingerprint density at radius 2 is 1.71 bits per heavy atom. The van der Waals surface area contributed by atoms with Gasteiger partial charge in [0.05, 0.1) is 10.6 Å². The van der Waals surface area contributed by atoms with Gasteiger partial charge in [0, 0.05) is 5.56 Å². The topological polar surface area (TPSA) is 121 Å². The van der Waals surface area contributed by atoms with Crippen LogP contribution >= 0.6 is 0 Å². The molecule has 0 bridgehead atoms. The minimum absolute atomic E-state index is 0.0663. The Bertz CT molecular complexity index is 390. The summed E-state index contributed by atoms with van der Waals surface area (Å²) in [6.07, 6.45) is 0. The zero-order valence-corrected chi connectivity index (χ0v) is 7.37. The fraction of sp³-hybridized carbons (Fsp3) is 0.143. The van der Waals surface area contributed by atoms with E-state index in [2.05, 4.69) is 0 Å². The first-order valence-corrected chi connectivity index (χ1v) is 3.64. The lowest BCUT2D eigenvalue weighted by atomic mass is 10.1. The molecule has 0 saturated heterocycles. The molecule has 0 aliphatic heterocycles. The molecule has 1 rings (SSSR count). The maximum Gasteiger partial charge on any atom is 0.317 e. The van der Waals surface area contributed by atoms with E-state index in [4.69, 9.17) is 17.2 Å². The highest BCUT2D eigenvalue weighted by Crippen LogP contribution is 2.38. The van der Waals surface area contributed by atoms with E-state index in [0.717, 1.165) is 0 Å². The number of hydrogen-bond donors (Lipinski definition) is 3. The van der Waals surface area contributed by atoms with Gasteiger partial charge in [0.25, 0.3) is 0 Å². The van der Waals surface area contributed by atoms with E-state index in [9.17, 15) is 14.5 Å². The number of nitrogens with two attached hydrogens (primary N) is 3. The third-order valence-electron chi connectivity index (χ3n) is 1.95. The SMILES string of the molecule is Cc1c(N)c([N+](=O)[O-])c(N)c(N)c1F. The molecule has 1 aromatic carbocycles. The molecule has 76 valence electrons. The second-order valence-corrected chi connectivity index (χ2v) is 2.79. The highest BCUT2D eigenvalue weighted by Gasteiger charge is 2.24. The van der Waals surface area contributed by atoms with E-state index in [0.29, 0.717) is 0 Å². The van der Waals surface area contributed by atoms with Crippen molar-refractivity contribution in [2.75, 3.05) is 17.2 Å². The van der Waals surface area contributed by atoms with Crippen LogP contribution < -0.4 is 17.2 Å². The first-order chi connectivity index (χ1) is 6.37. The quantitative estimate of drug-likeness (QED) is 0.351. The van der Waals surface area contributed by atoms with Gasteiger partial charge in [-0.05, 0) is 6.92 Å². The lowest BCUT2D eigenvalue weighted by Crippen LogP contribution is -2.08. The van der Waals surface area contributed by atoms with Gasteiger partial charge in [0.1, 0.15) is 11.4 Å². The fourth-order valence-corrected chi connectivity index (χ4v) is 1.09. The van der Waals surface area contributed by atoms with Crippen molar-refractivity contribution in [1.29, 1.82) is 0 Å². The maximum absolute atomic E-state index is 13.2. The maximum atomic E-state index is 13.2. The zero-order valence-electron chi connectivity index (χ0n) is 7.37. The Morgan fingerprint density at radius 3 is 2.14 bits per heavy atom. The number of nitrogen functional groups attached to an aromatic ring is 3. The summed E-state index contributed by atoms with van der Waals surface area (Å²) in [5.41, 5.74) is 14.1. The zero-order chi connectivity index (χ0) is 11.0. The highest BCUT2D eigenvalue weighted by atomic mass is 19.1. The minimum atomic E-state index is -0.814. The van der Waals surface area contributed by atoms with Crippen LogP contribution in [0.3, 0.4) is 0 Å². The molecule has 0 spiro atoms. The minimum Gasteiger partial charge on any atom is -0.394 e. The summed E-state index contributed by atoms with van der Waals surface area (Å²) in [6, 6.07) is 0. The summed E-state index contributed by atoms with van der Waals surface area (Å²) in [5.74, 6) is -0.814. The molecule has 0 aliphatic rings. The van der Waals surface area contributed by atoms with Crippen LogP contribution in [0.15, 0.2) is 0 Å². The molecule has 0 unspecified atom stereocenters. The van der Waals surface area contributed by atoms with Crippen LogP contribution in [0.2, 0.25) is 0 Å². The van der Waals surface area contributed by atoms with Gasteiger partial charge in [-0.1, -0.05) is 0 Å². The molecule has 6 N–H and O–H groups in total. The number of rotatable bonds is 1. The van der Waals surface area contributed by atoms with Crippen molar-refractivity contribution in [2.45, 2.75) is 6.92 Å². The van der Waals surface area contributed by atoms with Crippen molar-refractivity contribution in [3.05, 3.63) is 21.5 Å². The Morgan fingerprint density at radius 1 is 1.21 bits per heavy atom. The highest BCUT2D eigenvalue weighted by molar-refractivity contribution is 5.85. The van der Waals surface area contributed by atoms with E-state index in [1.807, 2.05) is 0 Å². The molecule has 14 heavy (non-hydrogen) atoms. The van der Waals surface area contributed by atoms with E-state index < -0.39 is 27.8 Å². The molecule has 6 nitrogen and oxygen atoms in total. The van der Waals surface area contributed by atoms with Crippen LogP contribution in [0.25, 0.3) is 0 Å². The third-order valence-corrected chi connectivity index (χ3v) is 1.95. The Labute approximate surface area is 78.6 Å². The van der Waals surface area contributed by atoms with Gasteiger partial charge in [-0.2, -0.15) is 0 Å². The van der Waals surface area contributed by atoms with Crippen LogP contribution in [0.4, 0.5) is 27.1 Å². The molecular formula is C7H9FN4O2. The smallest absolute Gasteiger partial charge is 0.317 e. The van der Waals surface area contributed by atoms with E-state index >= 15 is 0 Å². The van der Waals surface area contributed by atoms with Gasteiger partial charge in [-0.25, -0.2) is 4.39 Å². The average Bonchev–Trinajstić information content (AvgIpc) is 2.11. The molecular weight excluding hydrogens is 191 g/mol. The molecule has 0 saturated carbocycles. The molecule has 0 atom stereocenters. The number of benzene rings is 1. The summed E-state index contributed by atoms with van der Waals surface area (Å²) < 4.78 is 13.2. The van der Waals surface area contributed by atoms with Crippen molar-refractivity contribution in [2.24, 2.45) is 0 Å². The van der Waals surface area contributed by atoms with Gasteiger partial charge < -0.3 is 17.2 Å². The lowest BCUT2D eigenvalue weighted by Gasteiger charge is -2.08. The number of hydrogen-bond acceptors (Lipinski definition) is 5. The molecule has 0 radical (unpaired) electrons. The van der Waals surface area contributed by atoms with Crippen LogP contribution in [-0.4, -0.2) is 4.92 Å². The molecule has 0 amide bonds. The Kier molecular flexibility index (Phi) is 2.16. The number of nitro benzene ring substituents is 1. The molecule has 7 heteroatoms. The van der Waals surface area contributed by atoms with E-state index in [1.54, 1.807) is 0 Å². The molecule has 0 fully saturated rings. The average molecular weight is 200 g/mol. The normalized spacial score (nSPS) is 10.1. The van der Waals surface area contributed by atoms with Crippen molar-refractivity contribution < 1.29 is 9.31 Å². The first kappa shape index (κ1) is 10.0. The second kappa shape index (κ2) is 3.02. The molecule has 0 aromatic heterocycles. The Balaban J connectivity index is 3.68. The summed E-state index contributed by atoms with van der Waals surface area (Å²) in [4.78, 5) is 9.74. The fourth-order valence-electron chi connectivity index (χ4n) is 1.09. The monoisotopic (exact) mass is 200 g/mol. The number of nitrogens with zero attached hydrogens (tertiary/aromatic N) is 1. The van der Waals surface area contributed by atoms with Crippen LogP contribution in [0, 0.1) is 22.9 Å².